The van der Waals surface area contributed by atoms with Gasteiger partial charge in [0.25, 0.3) is 0 Å². The van der Waals surface area contributed by atoms with Crippen LogP contribution in [-0.4, -0.2) is 0 Å². The fraction of sp³-hybridized carbons (Fsp3) is 0.345. The Labute approximate surface area is 342 Å². The number of anilines is 3. The molecule has 2 heteroatoms. The van der Waals surface area contributed by atoms with E-state index in [0.717, 1.165) is 33.6 Å². The summed E-state index contributed by atoms with van der Waals surface area (Å²) in [5.74, 6) is 0. The van der Waals surface area contributed by atoms with Crippen molar-refractivity contribution in [2.24, 2.45) is 0 Å². The zero-order valence-corrected chi connectivity index (χ0v) is 36.8. The second-order valence-electron chi connectivity index (χ2n) is 21.2. The van der Waals surface area contributed by atoms with Gasteiger partial charge in [0, 0.05) is 33.1 Å². The Morgan fingerprint density at radius 1 is 0.439 bits per heavy atom. The van der Waals surface area contributed by atoms with Gasteiger partial charge in [-0.15, -0.1) is 0 Å². The fourth-order valence-corrected chi connectivity index (χ4v) is 8.77. The lowest BCUT2D eigenvalue weighted by atomic mass is 9.79. The van der Waals surface area contributed by atoms with Crippen LogP contribution in [0.1, 0.15) is 130 Å². The molecule has 0 amide bonds. The Bertz CT molecular complexity index is 2640. The third kappa shape index (κ3) is 6.69. The van der Waals surface area contributed by atoms with E-state index in [0.29, 0.717) is 0 Å². The number of hydrogen-bond acceptors (Lipinski definition) is 2. The number of benzene rings is 6. The molecule has 8 rings (SSSR count). The molecular weight excluding hydrogens is 691 g/mol. The van der Waals surface area contributed by atoms with Gasteiger partial charge >= 0.3 is 0 Å². The van der Waals surface area contributed by atoms with Crippen molar-refractivity contribution in [1.29, 1.82) is 0 Å². The Kier molecular flexibility index (Phi) is 8.82. The van der Waals surface area contributed by atoms with Crippen molar-refractivity contribution < 1.29 is 4.42 Å². The lowest BCUT2D eigenvalue weighted by Crippen LogP contribution is -2.16. The maximum atomic E-state index is 7.16. The molecule has 0 radical (unpaired) electrons. The van der Waals surface area contributed by atoms with Crippen LogP contribution in [-0.2, 0) is 27.1 Å². The van der Waals surface area contributed by atoms with Gasteiger partial charge in [0.05, 0.1) is 5.69 Å². The van der Waals surface area contributed by atoms with Gasteiger partial charge in [-0.2, -0.15) is 0 Å². The van der Waals surface area contributed by atoms with E-state index in [4.69, 9.17) is 4.42 Å². The summed E-state index contributed by atoms with van der Waals surface area (Å²) in [7, 11) is 0. The zero-order chi connectivity index (χ0) is 41.0. The highest BCUT2D eigenvalue weighted by Gasteiger charge is 2.36. The maximum absolute atomic E-state index is 7.16. The SMILES string of the molecule is CC(C)(C)c1cc(-c2ccc(N(c3ccc4c(c3)C(C)(C)c3ccccc3-4)c3cccc4c3oc3c(C(C)(C)C)cc(C(C)(C)C)cc34)cc2)cc(C(C)(C)C)c1. The molecule has 1 aliphatic rings. The summed E-state index contributed by atoms with van der Waals surface area (Å²) in [6.45, 7) is 32.4. The standard InChI is InChI=1S/C55H61NO/c1-51(2,3)36-28-35(29-37(30-36)52(4,5)6)34-22-24-39(25-23-34)56(40-26-27-42-41-18-15-16-20-45(41)55(13,14)46(42)33-40)48-21-17-19-43-44-31-38(53(7,8)9)32-47(54(10,11)12)49(44)57-50(43)48/h15-33H,1-14H3. The van der Waals surface area contributed by atoms with Crippen LogP contribution in [0.5, 0.6) is 0 Å². The maximum Gasteiger partial charge on any atom is 0.159 e. The van der Waals surface area contributed by atoms with Crippen molar-refractivity contribution in [3.63, 3.8) is 0 Å². The summed E-state index contributed by atoms with van der Waals surface area (Å²) in [5.41, 5.74) is 18.1. The summed E-state index contributed by atoms with van der Waals surface area (Å²) in [5, 5.41) is 2.32. The quantitative estimate of drug-likeness (QED) is 0.178. The first-order valence-electron chi connectivity index (χ1n) is 20.8. The monoisotopic (exact) mass is 751 g/mol. The van der Waals surface area contributed by atoms with Crippen LogP contribution in [0.4, 0.5) is 17.1 Å². The molecule has 6 aromatic carbocycles. The van der Waals surface area contributed by atoms with E-state index < -0.39 is 0 Å². The molecule has 7 aromatic rings. The molecule has 0 saturated heterocycles. The lowest BCUT2D eigenvalue weighted by molar-refractivity contribution is 0.559. The van der Waals surface area contributed by atoms with Crippen molar-refractivity contribution in [1.82, 2.24) is 0 Å². The van der Waals surface area contributed by atoms with E-state index in [-0.39, 0.29) is 27.1 Å². The molecule has 0 aliphatic heterocycles. The van der Waals surface area contributed by atoms with Crippen molar-refractivity contribution in [3.8, 4) is 22.3 Å². The molecule has 1 aliphatic carbocycles. The van der Waals surface area contributed by atoms with Crippen molar-refractivity contribution >= 4 is 39.0 Å². The normalized spacial score (nSPS) is 14.3. The first-order valence-corrected chi connectivity index (χ1v) is 20.8. The number of fused-ring (bicyclic) bond motifs is 6. The summed E-state index contributed by atoms with van der Waals surface area (Å²) in [6, 6.07) is 43.7. The van der Waals surface area contributed by atoms with E-state index >= 15 is 0 Å². The van der Waals surface area contributed by atoms with Gasteiger partial charge < -0.3 is 9.32 Å². The van der Waals surface area contributed by atoms with Gasteiger partial charge in [0.15, 0.2) is 5.58 Å². The van der Waals surface area contributed by atoms with Gasteiger partial charge in [-0.05, 0) is 108 Å². The van der Waals surface area contributed by atoms with Gasteiger partial charge in [-0.1, -0.05) is 176 Å². The van der Waals surface area contributed by atoms with Crippen LogP contribution in [0.25, 0.3) is 44.2 Å². The van der Waals surface area contributed by atoms with Gasteiger partial charge in [0.1, 0.15) is 5.58 Å². The largest absolute Gasteiger partial charge is 0.454 e. The molecule has 0 spiro atoms. The average Bonchev–Trinajstić information content (AvgIpc) is 3.62. The number of rotatable bonds is 4. The van der Waals surface area contributed by atoms with Crippen LogP contribution in [0.2, 0.25) is 0 Å². The number of furan rings is 1. The van der Waals surface area contributed by atoms with Crippen molar-refractivity contribution in [2.75, 3.05) is 4.90 Å². The van der Waals surface area contributed by atoms with E-state index in [9.17, 15) is 0 Å². The Morgan fingerprint density at radius 2 is 1.02 bits per heavy atom. The minimum absolute atomic E-state index is 0.00197. The van der Waals surface area contributed by atoms with Crippen LogP contribution >= 0.6 is 0 Å². The summed E-state index contributed by atoms with van der Waals surface area (Å²) in [4.78, 5) is 2.42. The van der Waals surface area contributed by atoms with Gasteiger partial charge in [0.2, 0.25) is 0 Å². The van der Waals surface area contributed by atoms with Crippen LogP contribution in [0.15, 0.2) is 120 Å². The first-order chi connectivity index (χ1) is 26.5. The molecule has 0 unspecified atom stereocenters. The van der Waals surface area contributed by atoms with Crippen molar-refractivity contribution in [2.45, 2.75) is 124 Å². The smallest absolute Gasteiger partial charge is 0.159 e. The summed E-state index contributed by atoms with van der Waals surface area (Å²) >= 11 is 0. The molecule has 0 N–H and O–H groups in total. The third-order valence-electron chi connectivity index (χ3n) is 12.4. The van der Waals surface area contributed by atoms with Crippen LogP contribution in [0.3, 0.4) is 0 Å². The van der Waals surface area contributed by atoms with Crippen molar-refractivity contribution in [3.05, 3.63) is 149 Å². The number of hydrogen-bond donors (Lipinski definition) is 0. The number of para-hydroxylation sites is 1. The Balaban J connectivity index is 1.36. The molecule has 0 bridgehead atoms. The molecule has 0 saturated carbocycles. The predicted molar refractivity (Wildman–Crippen MR) is 246 cm³/mol. The highest BCUT2D eigenvalue weighted by molar-refractivity contribution is 6.11. The molecule has 0 atom stereocenters. The minimum atomic E-state index is -0.128. The van der Waals surface area contributed by atoms with E-state index in [2.05, 4.69) is 217 Å². The van der Waals surface area contributed by atoms with E-state index in [1.807, 2.05) is 0 Å². The van der Waals surface area contributed by atoms with E-state index in [1.54, 1.807) is 0 Å². The van der Waals surface area contributed by atoms with Gasteiger partial charge in [-0.3, -0.25) is 0 Å². The molecule has 1 aromatic heterocycles. The van der Waals surface area contributed by atoms with E-state index in [1.165, 1.54) is 61.0 Å². The molecule has 292 valence electrons. The average molecular weight is 752 g/mol. The topological polar surface area (TPSA) is 16.4 Å². The summed E-state index contributed by atoms with van der Waals surface area (Å²) < 4.78 is 7.16. The highest BCUT2D eigenvalue weighted by atomic mass is 16.3. The van der Waals surface area contributed by atoms with Crippen LogP contribution < -0.4 is 4.90 Å². The highest BCUT2D eigenvalue weighted by Crippen LogP contribution is 2.52. The van der Waals surface area contributed by atoms with Crippen LogP contribution in [0, 0.1) is 0 Å². The second-order valence-corrected chi connectivity index (χ2v) is 21.2. The molecular formula is C55H61NO. The Hall–Kier alpha value is -5.08. The predicted octanol–water partition coefficient (Wildman–Crippen LogP) is 16.2. The molecule has 57 heavy (non-hydrogen) atoms. The summed E-state index contributed by atoms with van der Waals surface area (Å²) in [6.07, 6.45) is 0. The third-order valence-corrected chi connectivity index (χ3v) is 12.4. The van der Waals surface area contributed by atoms with Gasteiger partial charge in [-0.25, -0.2) is 0 Å². The fourth-order valence-electron chi connectivity index (χ4n) is 8.77. The molecule has 1 heterocycles. The lowest BCUT2D eigenvalue weighted by Gasteiger charge is -2.28. The zero-order valence-electron chi connectivity index (χ0n) is 36.8. The second kappa shape index (κ2) is 13.0. The minimum Gasteiger partial charge on any atom is -0.454 e. The molecule has 0 fully saturated rings. The number of nitrogens with zero attached hydrogens (tertiary/aromatic N) is 1. The Morgan fingerprint density at radius 3 is 1.63 bits per heavy atom. The molecule has 2 nitrogen and oxygen atoms in total. The first kappa shape index (κ1) is 38.8.